The Morgan fingerprint density at radius 3 is 2.44 bits per heavy atom. The van der Waals surface area contributed by atoms with E-state index in [9.17, 15) is 14.4 Å². The number of rotatable bonds is 5. The van der Waals surface area contributed by atoms with Gasteiger partial charge in [-0.1, -0.05) is 42.7 Å². The molecule has 0 bridgehead atoms. The highest BCUT2D eigenvalue weighted by molar-refractivity contribution is 6.30. The highest BCUT2D eigenvalue weighted by atomic mass is 35.5. The molecule has 3 aliphatic heterocycles. The largest absolute Gasteiger partial charge is 0.351 e. The molecule has 4 atom stereocenters. The van der Waals surface area contributed by atoms with Gasteiger partial charge in [0.15, 0.2) is 0 Å². The lowest BCUT2D eigenvalue weighted by Gasteiger charge is -2.38. The fourth-order valence-corrected chi connectivity index (χ4v) is 5.73. The van der Waals surface area contributed by atoms with Crippen LogP contribution in [0, 0.1) is 18.8 Å². The maximum absolute atomic E-state index is 13.7. The quantitative estimate of drug-likeness (QED) is 0.636. The van der Waals surface area contributed by atoms with Gasteiger partial charge in [-0.2, -0.15) is 0 Å². The highest BCUT2D eigenvalue weighted by Crippen LogP contribution is 2.50. The first-order valence-electron chi connectivity index (χ1n) is 11.8. The third kappa shape index (κ3) is 3.52. The number of carbonyl (C=O) groups is 3. The predicted molar refractivity (Wildman–Crippen MR) is 134 cm³/mol. The number of hydrogen-bond donors (Lipinski definition) is 1. The molecule has 0 radical (unpaired) electrons. The van der Waals surface area contributed by atoms with Gasteiger partial charge >= 0.3 is 0 Å². The van der Waals surface area contributed by atoms with Gasteiger partial charge in [0.25, 0.3) is 0 Å². The Balaban J connectivity index is 1.59. The second-order valence-electron chi connectivity index (χ2n) is 9.44. The fraction of sp³-hybridized carbons (Fsp3) is 0.370. The van der Waals surface area contributed by atoms with Crippen LogP contribution in [0.2, 0.25) is 5.02 Å². The molecule has 2 aromatic rings. The number of allylic oxidation sites excluding steroid dienone is 1. The normalized spacial score (nSPS) is 25.1. The maximum Gasteiger partial charge on any atom is 0.247 e. The van der Waals surface area contributed by atoms with Crippen molar-refractivity contribution in [3.63, 3.8) is 0 Å². The van der Waals surface area contributed by atoms with Crippen LogP contribution in [-0.4, -0.2) is 41.2 Å². The van der Waals surface area contributed by atoms with Crippen LogP contribution in [0.5, 0.6) is 0 Å². The van der Waals surface area contributed by atoms with Crippen molar-refractivity contribution in [3.05, 3.63) is 64.7 Å². The number of likely N-dealkylation sites (tertiary alicyclic amines) is 1. The van der Waals surface area contributed by atoms with Gasteiger partial charge < -0.3 is 10.2 Å². The molecule has 34 heavy (non-hydrogen) atoms. The Bertz CT molecular complexity index is 1210. The SMILES string of the molecule is CCCCN1C(=O)[C@H]2[C@H](C1=O)[C@@H](C(=O)Nc1ccc(Cl)cc1)N1c3ccc(C)cc3C(C)=C[C@H]21. The Kier molecular flexibility index (Phi) is 5.72. The first kappa shape index (κ1) is 22.7. The number of halogens is 1. The van der Waals surface area contributed by atoms with E-state index in [2.05, 4.69) is 17.5 Å². The van der Waals surface area contributed by atoms with Crippen molar-refractivity contribution < 1.29 is 14.4 Å². The standard InChI is InChI=1S/C27H28ClN3O3/c1-4-5-12-30-26(33)22-21-14-16(3)19-13-15(2)6-11-20(19)31(21)24(23(22)27(30)34)25(32)29-18-9-7-17(28)8-10-18/h6-11,13-14,21-24H,4-5,12H2,1-3H3,(H,29,32)/t21-,22-,23+,24+/m1/s1. The Morgan fingerprint density at radius 1 is 1.03 bits per heavy atom. The summed E-state index contributed by atoms with van der Waals surface area (Å²) in [6, 6.07) is 11.8. The molecule has 0 unspecified atom stereocenters. The summed E-state index contributed by atoms with van der Waals surface area (Å²) in [5.41, 5.74) is 4.70. The Hall–Kier alpha value is -3.12. The highest BCUT2D eigenvalue weighted by Gasteiger charge is 2.64. The molecule has 2 saturated heterocycles. The smallest absolute Gasteiger partial charge is 0.247 e. The van der Waals surface area contributed by atoms with E-state index in [1.54, 1.807) is 24.3 Å². The maximum atomic E-state index is 13.7. The molecule has 0 saturated carbocycles. The summed E-state index contributed by atoms with van der Waals surface area (Å²) >= 11 is 6.00. The molecule has 2 aromatic carbocycles. The van der Waals surface area contributed by atoms with Gasteiger partial charge in [0.1, 0.15) is 6.04 Å². The van der Waals surface area contributed by atoms with Crippen LogP contribution in [0.3, 0.4) is 0 Å². The second kappa shape index (κ2) is 8.58. The van der Waals surface area contributed by atoms with Crippen molar-refractivity contribution in [1.29, 1.82) is 0 Å². The summed E-state index contributed by atoms with van der Waals surface area (Å²) in [7, 11) is 0. The number of fused-ring (bicyclic) bond motifs is 5. The number of nitrogens with zero attached hydrogens (tertiary/aromatic N) is 2. The number of aryl methyl sites for hydroxylation is 1. The molecule has 7 heteroatoms. The minimum atomic E-state index is -0.792. The second-order valence-corrected chi connectivity index (χ2v) is 9.88. The van der Waals surface area contributed by atoms with Crippen LogP contribution < -0.4 is 10.2 Å². The summed E-state index contributed by atoms with van der Waals surface area (Å²) in [4.78, 5) is 44.2. The van der Waals surface area contributed by atoms with E-state index >= 15 is 0 Å². The van der Waals surface area contributed by atoms with Crippen LogP contribution in [0.4, 0.5) is 11.4 Å². The van der Waals surface area contributed by atoms with Crippen molar-refractivity contribution in [2.45, 2.75) is 45.7 Å². The predicted octanol–water partition coefficient (Wildman–Crippen LogP) is 4.66. The molecule has 6 nitrogen and oxygen atoms in total. The molecule has 2 fully saturated rings. The molecule has 176 valence electrons. The zero-order valence-electron chi connectivity index (χ0n) is 19.5. The number of benzene rings is 2. The third-order valence-corrected chi connectivity index (χ3v) is 7.46. The van der Waals surface area contributed by atoms with Gasteiger partial charge in [0.2, 0.25) is 17.7 Å². The van der Waals surface area contributed by atoms with Crippen LogP contribution in [0.1, 0.15) is 37.8 Å². The summed E-state index contributed by atoms with van der Waals surface area (Å²) in [5, 5.41) is 3.53. The summed E-state index contributed by atoms with van der Waals surface area (Å²) in [6.45, 7) is 6.49. The van der Waals surface area contributed by atoms with Gasteiger partial charge in [0.05, 0.1) is 17.9 Å². The van der Waals surface area contributed by atoms with Gasteiger partial charge in [-0.15, -0.1) is 0 Å². The summed E-state index contributed by atoms with van der Waals surface area (Å²) < 4.78 is 0. The Morgan fingerprint density at radius 2 is 1.74 bits per heavy atom. The number of nitrogens with one attached hydrogen (secondary N) is 1. The van der Waals surface area contributed by atoms with Gasteiger partial charge in [0, 0.05) is 28.5 Å². The lowest BCUT2D eigenvalue weighted by atomic mass is 9.87. The molecule has 0 aliphatic carbocycles. The number of amides is 3. The number of unbranched alkanes of at least 4 members (excludes halogenated alkanes) is 1. The zero-order valence-corrected chi connectivity index (χ0v) is 20.3. The van der Waals surface area contributed by atoms with Crippen molar-refractivity contribution >= 4 is 46.3 Å². The van der Waals surface area contributed by atoms with Gasteiger partial charge in [-0.3, -0.25) is 19.3 Å². The van der Waals surface area contributed by atoms with E-state index in [-0.39, 0.29) is 23.8 Å². The first-order chi connectivity index (χ1) is 16.3. The lowest BCUT2D eigenvalue weighted by molar-refractivity contribution is -0.141. The topological polar surface area (TPSA) is 69.7 Å². The number of hydrogen-bond acceptors (Lipinski definition) is 4. The van der Waals surface area contributed by atoms with Crippen molar-refractivity contribution in [2.75, 3.05) is 16.8 Å². The van der Waals surface area contributed by atoms with Gasteiger partial charge in [-0.25, -0.2) is 0 Å². The molecule has 0 aromatic heterocycles. The third-order valence-electron chi connectivity index (χ3n) is 7.21. The molecular formula is C27H28ClN3O3. The number of imide groups is 1. The molecule has 5 rings (SSSR count). The number of anilines is 2. The fourth-order valence-electron chi connectivity index (χ4n) is 5.60. The molecule has 3 aliphatic rings. The van der Waals surface area contributed by atoms with Crippen molar-refractivity contribution in [3.8, 4) is 0 Å². The summed E-state index contributed by atoms with van der Waals surface area (Å²) in [5.74, 6) is -2.00. The molecule has 3 amide bonds. The zero-order chi connectivity index (χ0) is 24.1. The monoisotopic (exact) mass is 477 g/mol. The van der Waals surface area contributed by atoms with E-state index in [0.29, 0.717) is 17.3 Å². The molecule has 1 N–H and O–H groups in total. The summed E-state index contributed by atoms with van der Waals surface area (Å²) in [6.07, 6.45) is 3.70. The molecular weight excluding hydrogens is 450 g/mol. The molecule has 0 spiro atoms. The average Bonchev–Trinajstić information content (AvgIpc) is 3.27. The average molecular weight is 478 g/mol. The van der Waals surface area contributed by atoms with Crippen molar-refractivity contribution in [1.82, 2.24) is 4.90 Å². The van der Waals surface area contributed by atoms with Crippen LogP contribution >= 0.6 is 11.6 Å². The first-order valence-corrected chi connectivity index (χ1v) is 12.2. The number of carbonyl (C=O) groups excluding carboxylic acids is 3. The van der Waals surface area contributed by atoms with Crippen LogP contribution in [-0.2, 0) is 14.4 Å². The minimum absolute atomic E-state index is 0.167. The van der Waals surface area contributed by atoms with E-state index < -0.39 is 17.9 Å². The molecule has 3 heterocycles. The van der Waals surface area contributed by atoms with E-state index in [1.807, 2.05) is 37.8 Å². The Labute approximate surface area is 204 Å². The van der Waals surface area contributed by atoms with Crippen molar-refractivity contribution in [2.24, 2.45) is 11.8 Å². The van der Waals surface area contributed by atoms with E-state index in [0.717, 1.165) is 35.2 Å². The lowest BCUT2D eigenvalue weighted by Crippen LogP contribution is -2.50. The van der Waals surface area contributed by atoms with E-state index in [1.165, 1.54) is 4.90 Å². The van der Waals surface area contributed by atoms with E-state index in [4.69, 9.17) is 11.6 Å². The van der Waals surface area contributed by atoms with Crippen LogP contribution in [0.25, 0.3) is 5.57 Å². The van der Waals surface area contributed by atoms with Gasteiger partial charge in [-0.05, 0) is 62.2 Å². The van der Waals surface area contributed by atoms with Crippen LogP contribution in [0.15, 0.2) is 48.5 Å². The minimum Gasteiger partial charge on any atom is -0.351 e.